The average molecular weight is 291 g/mol. The van der Waals surface area contributed by atoms with Crippen LogP contribution in [0.25, 0.3) is 0 Å². The molecule has 0 aliphatic rings. The van der Waals surface area contributed by atoms with Crippen molar-refractivity contribution in [3.63, 3.8) is 0 Å². The number of allylic oxidation sites excluding steroid dienone is 2. The molecule has 0 saturated carbocycles. The minimum absolute atomic E-state index is 0.783. The van der Waals surface area contributed by atoms with Crippen LogP contribution in [0.3, 0.4) is 0 Å². The van der Waals surface area contributed by atoms with E-state index < -0.39 is 23.3 Å². The third kappa shape index (κ3) is 4.97. The minimum atomic E-state index is -0.783. The molecule has 0 unspecified atom stereocenters. The summed E-state index contributed by atoms with van der Waals surface area (Å²) in [5, 5.41) is 0. The van der Waals surface area contributed by atoms with Crippen molar-refractivity contribution >= 4 is 8.25 Å². The standard InChI is InChI=1S/C4H7.ClH.Hg/c1-3-4-2;;/h3-4H,1H2,2H3;1H;/q;;+1/p-1/b4-3+;;. The molecule has 2 heteroatoms. The van der Waals surface area contributed by atoms with E-state index >= 15 is 0 Å². The third-order valence-electron chi connectivity index (χ3n) is 0.511. The zero-order valence-corrected chi connectivity index (χ0v) is 10.2. The van der Waals surface area contributed by atoms with E-state index in [1.165, 1.54) is 3.93 Å². The molecule has 0 aromatic heterocycles. The molecule has 0 heterocycles. The molecule has 0 atom stereocenters. The molecule has 0 aromatic rings. The van der Waals surface area contributed by atoms with Gasteiger partial charge in [0.25, 0.3) is 0 Å². The molecule has 0 aliphatic carbocycles. The summed E-state index contributed by atoms with van der Waals surface area (Å²) in [7, 11) is 5.55. The van der Waals surface area contributed by atoms with E-state index in [9.17, 15) is 0 Å². The van der Waals surface area contributed by atoms with Gasteiger partial charge in [-0.1, -0.05) is 0 Å². The van der Waals surface area contributed by atoms with E-state index in [1.807, 2.05) is 6.92 Å². The average Bonchev–Trinajstić information content (AvgIpc) is 1.61. The van der Waals surface area contributed by atoms with Crippen molar-refractivity contribution in [3.05, 3.63) is 12.2 Å². The van der Waals surface area contributed by atoms with Gasteiger partial charge < -0.3 is 0 Å². The number of hydrogen-bond acceptors (Lipinski definition) is 0. The van der Waals surface area contributed by atoms with Gasteiger partial charge in [0.1, 0.15) is 0 Å². The van der Waals surface area contributed by atoms with E-state index in [4.69, 9.17) is 8.25 Å². The first-order valence-electron chi connectivity index (χ1n) is 2.09. The van der Waals surface area contributed by atoms with Crippen molar-refractivity contribution in [3.8, 4) is 0 Å². The summed E-state index contributed by atoms with van der Waals surface area (Å²) < 4.78 is 1.22. The van der Waals surface area contributed by atoms with Crippen molar-refractivity contribution in [2.45, 2.75) is 10.9 Å². The van der Waals surface area contributed by atoms with Gasteiger partial charge in [0.15, 0.2) is 0 Å². The van der Waals surface area contributed by atoms with Gasteiger partial charge in [-0.15, -0.1) is 0 Å². The van der Waals surface area contributed by atoms with Crippen LogP contribution in [0.4, 0.5) is 0 Å². The van der Waals surface area contributed by atoms with Gasteiger partial charge >= 0.3 is 54.6 Å². The summed E-state index contributed by atoms with van der Waals surface area (Å²) in [6.07, 6.45) is 4.21. The quantitative estimate of drug-likeness (QED) is 0.540. The molecule has 0 radical (unpaired) electrons. The second-order valence-corrected chi connectivity index (χ2v) is 8.08. The second-order valence-electron chi connectivity index (χ2n) is 1.05. The van der Waals surface area contributed by atoms with Gasteiger partial charge in [-0.25, -0.2) is 0 Å². The summed E-state index contributed by atoms with van der Waals surface area (Å²) in [6.45, 7) is 2.03. The molecule has 0 rings (SSSR count). The van der Waals surface area contributed by atoms with Crippen LogP contribution < -0.4 is 0 Å². The molecule has 0 spiro atoms. The third-order valence-corrected chi connectivity index (χ3v) is 4.57. The van der Waals surface area contributed by atoms with Crippen molar-refractivity contribution in [2.24, 2.45) is 0 Å². The summed E-state index contributed by atoms with van der Waals surface area (Å²) in [5.74, 6) is 0. The van der Waals surface area contributed by atoms with Crippen LogP contribution in [0.2, 0.25) is 3.93 Å². The maximum absolute atomic E-state index is 5.55. The van der Waals surface area contributed by atoms with E-state index in [1.54, 1.807) is 0 Å². The summed E-state index contributed by atoms with van der Waals surface area (Å²) in [6, 6.07) is 0. The fourth-order valence-corrected chi connectivity index (χ4v) is 3.12. The van der Waals surface area contributed by atoms with E-state index in [2.05, 4.69) is 12.2 Å². The monoisotopic (exact) mass is 292 g/mol. The van der Waals surface area contributed by atoms with Gasteiger partial charge in [0.05, 0.1) is 0 Å². The van der Waals surface area contributed by atoms with Crippen LogP contribution in [0.5, 0.6) is 0 Å². The summed E-state index contributed by atoms with van der Waals surface area (Å²) in [4.78, 5) is 0. The van der Waals surface area contributed by atoms with Crippen LogP contribution in [0.15, 0.2) is 12.2 Å². The first-order chi connectivity index (χ1) is 2.91. The summed E-state index contributed by atoms with van der Waals surface area (Å²) in [5.41, 5.74) is 0. The van der Waals surface area contributed by atoms with E-state index in [0.717, 1.165) is 0 Å². The Morgan fingerprint density at radius 3 is 2.67 bits per heavy atom. The second kappa shape index (κ2) is 5.97. The molecule has 0 aromatic carbocycles. The predicted octanol–water partition coefficient (Wildman–Crippen LogP) is 2.22. The van der Waals surface area contributed by atoms with Crippen LogP contribution in [-0.2, 0) is 23.3 Å². The van der Waals surface area contributed by atoms with Crippen LogP contribution in [0, 0.1) is 0 Å². The zero-order valence-electron chi connectivity index (χ0n) is 3.95. The van der Waals surface area contributed by atoms with Gasteiger partial charge in [0, 0.05) is 0 Å². The molecule has 0 fully saturated rings. The van der Waals surface area contributed by atoms with Crippen molar-refractivity contribution in [2.75, 3.05) is 0 Å². The van der Waals surface area contributed by atoms with Gasteiger partial charge in [0.2, 0.25) is 0 Å². The van der Waals surface area contributed by atoms with Gasteiger partial charge in [-0.05, 0) is 0 Å². The van der Waals surface area contributed by atoms with E-state index in [-0.39, 0.29) is 0 Å². The molecule has 0 bridgehead atoms. The Kier molecular flexibility index (Phi) is 6.92. The molecule has 6 heavy (non-hydrogen) atoms. The van der Waals surface area contributed by atoms with Crippen molar-refractivity contribution < 1.29 is 23.3 Å². The first-order valence-corrected chi connectivity index (χ1v) is 12.7. The molecule has 32 valence electrons. The summed E-state index contributed by atoms with van der Waals surface area (Å²) >= 11 is -0.783. The molecule has 0 amide bonds. The van der Waals surface area contributed by atoms with Gasteiger partial charge in [-0.2, -0.15) is 0 Å². The Labute approximate surface area is 54.4 Å². The topological polar surface area (TPSA) is 0 Å². The van der Waals surface area contributed by atoms with Gasteiger partial charge in [-0.3, -0.25) is 0 Å². The Balaban J connectivity index is 2.66. The molecular formula is C4H7ClHg. The zero-order chi connectivity index (χ0) is 4.83. The Morgan fingerprint density at radius 2 is 2.50 bits per heavy atom. The van der Waals surface area contributed by atoms with Crippen molar-refractivity contribution in [1.29, 1.82) is 0 Å². The SMILES string of the molecule is C/C=C/[CH2][Hg][Cl]. The maximum atomic E-state index is 5.55. The Bertz CT molecular complexity index is 42.8. The number of rotatable bonds is 2. The van der Waals surface area contributed by atoms with Crippen molar-refractivity contribution in [1.82, 2.24) is 0 Å². The number of halogens is 1. The fraction of sp³-hybridized carbons (Fsp3) is 0.500. The molecule has 0 aliphatic heterocycles. The molecule has 0 saturated heterocycles. The fourth-order valence-electron chi connectivity index (χ4n) is 0.230. The Morgan fingerprint density at radius 1 is 1.83 bits per heavy atom. The van der Waals surface area contributed by atoms with Crippen LogP contribution in [-0.4, -0.2) is 0 Å². The first kappa shape index (κ1) is 6.97. The number of hydrogen-bond donors (Lipinski definition) is 0. The Hall–Kier alpha value is 0.965. The normalized spacial score (nSPS) is 9.00. The van der Waals surface area contributed by atoms with E-state index in [0.29, 0.717) is 0 Å². The molecule has 0 N–H and O–H groups in total. The predicted molar refractivity (Wildman–Crippen MR) is 25.5 cm³/mol. The van der Waals surface area contributed by atoms with Crippen LogP contribution >= 0.6 is 8.25 Å². The molecular weight excluding hydrogens is 284 g/mol. The molecule has 0 nitrogen and oxygen atoms in total. The van der Waals surface area contributed by atoms with Crippen LogP contribution in [0.1, 0.15) is 6.92 Å².